The van der Waals surface area contributed by atoms with Crippen molar-refractivity contribution in [1.29, 1.82) is 0 Å². The number of nitrogens with one attached hydrogen (secondary N) is 1. The van der Waals surface area contributed by atoms with Crippen LogP contribution in [0.1, 0.15) is 48.8 Å². The minimum Gasteiger partial charge on any atom is -0.484 e. The van der Waals surface area contributed by atoms with Gasteiger partial charge in [0.15, 0.2) is 6.61 Å². The lowest BCUT2D eigenvalue weighted by molar-refractivity contribution is -0.143. The molecular weight excluding hydrogens is 484 g/mol. The Bertz CT molecular complexity index is 1140. The Morgan fingerprint density at radius 3 is 2.27 bits per heavy atom. The van der Waals surface area contributed by atoms with Crippen molar-refractivity contribution in [2.75, 3.05) is 6.61 Å². The van der Waals surface area contributed by atoms with E-state index in [-0.39, 0.29) is 31.0 Å². The van der Waals surface area contributed by atoms with Gasteiger partial charge >= 0.3 is 0 Å². The van der Waals surface area contributed by atoms with Gasteiger partial charge in [-0.05, 0) is 55.2 Å². The number of carbonyl (C=O) groups is 2. The number of benzene rings is 3. The van der Waals surface area contributed by atoms with Gasteiger partial charge in [0.1, 0.15) is 11.8 Å². The third kappa shape index (κ3) is 8.09. The highest BCUT2D eigenvalue weighted by Crippen LogP contribution is 2.21. The first-order chi connectivity index (χ1) is 18.0. The van der Waals surface area contributed by atoms with Gasteiger partial charge in [0, 0.05) is 24.0 Å². The number of aryl methyl sites for hydroxylation is 1. The molecule has 5 nitrogen and oxygen atoms in total. The summed E-state index contributed by atoms with van der Waals surface area (Å²) in [5.74, 6) is 0.264. The van der Waals surface area contributed by atoms with Crippen LogP contribution in [0.25, 0.3) is 0 Å². The summed E-state index contributed by atoms with van der Waals surface area (Å²) in [4.78, 5) is 29.1. The number of halogens is 1. The van der Waals surface area contributed by atoms with Gasteiger partial charge in [-0.25, -0.2) is 0 Å². The average Bonchev–Trinajstić information content (AvgIpc) is 2.92. The van der Waals surface area contributed by atoms with Gasteiger partial charge in [-0.2, -0.15) is 0 Å². The molecule has 0 saturated heterocycles. The van der Waals surface area contributed by atoms with Gasteiger partial charge < -0.3 is 15.0 Å². The minimum absolute atomic E-state index is 0.117. The van der Waals surface area contributed by atoms with Crippen molar-refractivity contribution in [2.45, 2.75) is 64.1 Å². The van der Waals surface area contributed by atoms with Crippen LogP contribution in [0.5, 0.6) is 5.75 Å². The molecule has 0 unspecified atom stereocenters. The van der Waals surface area contributed by atoms with Crippen LogP contribution in [-0.2, 0) is 22.6 Å². The summed E-state index contributed by atoms with van der Waals surface area (Å²) in [5.41, 5.74) is 3.02. The molecule has 0 aliphatic heterocycles. The van der Waals surface area contributed by atoms with Crippen LogP contribution >= 0.6 is 11.6 Å². The minimum atomic E-state index is -0.672. The maximum Gasteiger partial charge on any atom is 0.261 e. The molecule has 4 rings (SSSR count). The van der Waals surface area contributed by atoms with Crippen LogP contribution in [0.15, 0.2) is 78.9 Å². The average molecular weight is 519 g/mol. The summed E-state index contributed by atoms with van der Waals surface area (Å²) in [6.07, 6.45) is 5.82. The normalized spacial score (nSPS) is 14.5. The molecule has 0 spiro atoms. The molecule has 1 saturated carbocycles. The second-order valence-electron chi connectivity index (χ2n) is 9.80. The Hall–Kier alpha value is -3.31. The lowest BCUT2D eigenvalue weighted by atomic mass is 9.94. The quantitative estimate of drug-likeness (QED) is 0.352. The number of carbonyl (C=O) groups excluding carboxylic acids is 2. The summed E-state index contributed by atoms with van der Waals surface area (Å²) in [5, 5.41) is 3.88. The van der Waals surface area contributed by atoms with E-state index in [1.165, 1.54) is 6.42 Å². The largest absolute Gasteiger partial charge is 0.484 e. The van der Waals surface area contributed by atoms with Gasteiger partial charge in [-0.3, -0.25) is 9.59 Å². The van der Waals surface area contributed by atoms with Crippen molar-refractivity contribution in [3.63, 3.8) is 0 Å². The molecule has 1 N–H and O–H groups in total. The number of ether oxygens (including phenoxy) is 1. The molecule has 1 fully saturated rings. The van der Waals surface area contributed by atoms with E-state index in [1.54, 1.807) is 17.0 Å². The third-order valence-corrected chi connectivity index (χ3v) is 7.12. The highest BCUT2D eigenvalue weighted by atomic mass is 35.5. The smallest absolute Gasteiger partial charge is 0.261 e. The number of hydrogen-bond donors (Lipinski definition) is 1. The molecule has 0 radical (unpaired) electrons. The molecule has 194 valence electrons. The first-order valence-corrected chi connectivity index (χ1v) is 13.4. The Morgan fingerprint density at radius 1 is 0.919 bits per heavy atom. The van der Waals surface area contributed by atoms with E-state index in [9.17, 15) is 9.59 Å². The molecule has 3 aromatic rings. The van der Waals surface area contributed by atoms with Crippen molar-refractivity contribution in [2.24, 2.45) is 0 Å². The zero-order valence-electron chi connectivity index (χ0n) is 21.4. The van der Waals surface area contributed by atoms with Crippen LogP contribution in [0.3, 0.4) is 0 Å². The predicted molar refractivity (Wildman–Crippen MR) is 148 cm³/mol. The van der Waals surface area contributed by atoms with Crippen molar-refractivity contribution in [1.82, 2.24) is 10.2 Å². The van der Waals surface area contributed by atoms with Crippen molar-refractivity contribution in [3.8, 4) is 5.75 Å². The Kier molecular flexibility index (Phi) is 9.61. The molecule has 1 aliphatic rings. The first kappa shape index (κ1) is 26.7. The van der Waals surface area contributed by atoms with E-state index in [1.807, 2.05) is 73.7 Å². The second kappa shape index (κ2) is 13.3. The van der Waals surface area contributed by atoms with Gasteiger partial charge in [0.2, 0.25) is 5.91 Å². The zero-order chi connectivity index (χ0) is 26.0. The summed E-state index contributed by atoms with van der Waals surface area (Å²) in [6, 6.07) is 24.3. The van der Waals surface area contributed by atoms with E-state index in [0.717, 1.165) is 42.4 Å². The van der Waals surface area contributed by atoms with Crippen LogP contribution in [0.4, 0.5) is 0 Å². The van der Waals surface area contributed by atoms with E-state index in [2.05, 4.69) is 5.32 Å². The SMILES string of the molecule is Cc1ccc(OCC(=O)N(Cc2ccc(Cl)cc2)[C@H](Cc2ccccc2)C(=O)NC2CCCCC2)cc1. The van der Waals surface area contributed by atoms with E-state index >= 15 is 0 Å². The number of rotatable bonds is 10. The maximum atomic E-state index is 13.8. The van der Waals surface area contributed by atoms with Gasteiger partial charge in [0.05, 0.1) is 0 Å². The van der Waals surface area contributed by atoms with Crippen molar-refractivity contribution in [3.05, 3.63) is 101 Å². The van der Waals surface area contributed by atoms with Crippen LogP contribution in [-0.4, -0.2) is 35.4 Å². The molecule has 6 heteroatoms. The van der Waals surface area contributed by atoms with Crippen LogP contribution in [0.2, 0.25) is 5.02 Å². The molecule has 1 atom stereocenters. The van der Waals surface area contributed by atoms with E-state index in [0.29, 0.717) is 17.2 Å². The number of hydrogen-bond acceptors (Lipinski definition) is 3. The summed E-state index contributed by atoms with van der Waals surface area (Å²) in [7, 11) is 0. The lowest BCUT2D eigenvalue weighted by Crippen LogP contribution is -2.53. The molecule has 37 heavy (non-hydrogen) atoms. The highest BCUT2D eigenvalue weighted by molar-refractivity contribution is 6.30. The van der Waals surface area contributed by atoms with Gasteiger partial charge in [-0.15, -0.1) is 0 Å². The van der Waals surface area contributed by atoms with Crippen molar-refractivity contribution < 1.29 is 14.3 Å². The topological polar surface area (TPSA) is 58.6 Å². The standard InChI is InChI=1S/C31H35ClN2O3/c1-23-12-18-28(19-13-23)37-22-30(35)34(21-25-14-16-26(32)17-15-25)29(20-24-8-4-2-5-9-24)31(36)33-27-10-6-3-7-11-27/h2,4-5,8-9,12-19,27,29H,3,6-7,10-11,20-22H2,1H3,(H,33,36)/t29-/m1/s1. The molecule has 0 heterocycles. The Morgan fingerprint density at radius 2 is 1.59 bits per heavy atom. The molecule has 0 aromatic heterocycles. The van der Waals surface area contributed by atoms with Crippen LogP contribution < -0.4 is 10.1 Å². The summed E-state index contributed by atoms with van der Waals surface area (Å²) in [6.45, 7) is 2.13. The molecular formula is C31H35ClN2O3. The maximum absolute atomic E-state index is 13.8. The summed E-state index contributed by atoms with van der Waals surface area (Å²) >= 11 is 6.10. The second-order valence-corrected chi connectivity index (χ2v) is 10.2. The first-order valence-electron chi connectivity index (χ1n) is 13.1. The monoisotopic (exact) mass is 518 g/mol. The van der Waals surface area contributed by atoms with Gasteiger partial charge in [0.25, 0.3) is 5.91 Å². The number of amides is 2. The molecule has 2 amide bonds. The Balaban J connectivity index is 1.59. The molecule has 1 aliphatic carbocycles. The number of nitrogens with zero attached hydrogens (tertiary/aromatic N) is 1. The van der Waals surface area contributed by atoms with E-state index in [4.69, 9.17) is 16.3 Å². The fourth-order valence-corrected chi connectivity index (χ4v) is 4.87. The predicted octanol–water partition coefficient (Wildman–Crippen LogP) is 6.12. The van der Waals surface area contributed by atoms with Crippen LogP contribution in [0, 0.1) is 6.92 Å². The molecule has 0 bridgehead atoms. The highest BCUT2D eigenvalue weighted by Gasteiger charge is 2.32. The fraction of sp³-hybridized carbons (Fsp3) is 0.355. The van der Waals surface area contributed by atoms with Crippen molar-refractivity contribution >= 4 is 23.4 Å². The van der Waals surface area contributed by atoms with Gasteiger partial charge in [-0.1, -0.05) is 91.0 Å². The zero-order valence-corrected chi connectivity index (χ0v) is 22.1. The third-order valence-electron chi connectivity index (χ3n) is 6.87. The fourth-order valence-electron chi connectivity index (χ4n) is 4.75. The molecule has 3 aromatic carbocycles. The van der Waals surface area contributed by atoms with E-state index < -0.39 is 6.04 Å². The summed E-state index contributed by atoms with van der Waals surface area (Å²) < 4.78 is 5.85. The Labute approximate surface area is 224 Å². The lowest BCUT2D eigenvalue weighted by Gasteiger charge is -2.33.